The van der Waals surface area contributed by atoms with Crippen molar-refractivity contribution in [2.45, 2.75) is 25.0 Å². The number of thioether (sulfide) groups is 1. The van der Waals surface area contributed by atoms with Crippen molar-refractivity contribution < 1.29 is 14.0 Å². The van der Waals surface area contributed by atoms with Crippen LogP contribution in [0.15, 0.2) is 71.9 Å². The predicted molar refractivity (Wildman–Crippen MR) is 131 cm³/mol. The van der Waals surface area contributed by atoms with E-state index in [1.807, 2.05) is 54.0 Å². The van der Waals surface area contributed by atoms with Gasteiger partial charge in [-0.05, 0) is 30.5 Å². The maximum Gasteiger partial charge on any atom is 0.254 e. The lowest BCUT2D eigenvalue weighted by molar-refractivity contribution is -0.113. The standard InChI is InChI=1S/C25H24FN5O2S/c1-2-31-22(14-15-27-24(33)19-11-5-6-12-20(19)26)29-30-25(31)34-16-23(32)28-21-13-7-9-17-8-3-4-10-18(17)21/h3-13H,2,14-16H2,1H3,(H,27,33)(H,28,32). The van der Waals surface area contributed by atoms with Gasteiger partial charge in [0.05, 0.1) is 11.3 Å². The molecule has 2 N–H and O–H groups in total. The second kappa shape index (κ2) is 10.9. The number of aromatic nitrogens is 3. The highest BCUT2D eigenvalue weighted by atomic mass is 32.2. The molecule has 0 bridgehead atoms. The lowest BCUT2D eigenvalue weighted by atomic mass is 10.1. The van der Waals surface area contributed by atoms with Crippen molar-refractivity contribution in [2.75, 3.05) is 17.6 Å². The van der Waals surface area contributed by atoms with Crippen LogP contribution in [0.1, 0.15) is 23.1 Å². The van der Waals surface area contributed by atoms with Gasteiger partial charge in [-0.1, -0.05) is 60.3 Å². The van der Waals surface area contributed by atoms with Crippen molar-refractivity contribution in [2.24, 2.45) is 0 Å². The molecule has 2 amide bonds. The number of halogens is 1. The molecular weight excluding hydrogens is 453 g/mol. The Kier molecular flexibility index (Phi) is 7.54. The number of fused-ring (bicyclic) bond motifs is 1. The second-order valence-corrected chi connectivity index (χ2v) is 8.43. The Hall–Kier alpha value is -3.72. The van der Waals surface area contributed by atoms with Gasteiger partial charge in [0.15, 0.2) is 5.16 Å². The normalized spacial score (nSPS) is 10.9. The van der Waals surface area contributed by atoms with Crippen LogP contribution < -0.4 is 10.6 Å². The number of carbonyl (C=O) groups excluding carboxylic acids is 2. The molecule has 0 aliphatic carbocycles. The lowest BCUT2D eigenvalue weighted by Gasteiger charge is -2.10. The summed E-state index contributed by atoms with van der Waals surface area (Å²) in [6.07, 6.45) is 0.434. The van der Waals surface area contributed by atoms with Crippen LogP contribution in [0.5, 0.6) is 0 Å². The third kappa shape index (κ3) is 5.43. The fraction of sp³-hybridized carbons (Fsp3) is 0.200. The highest BCUT2D eigenvalue weighted by Gasteiger charge is 2.15. The predicted octanol–water partition coefficient (Wildman–Crippen LogP) is 4.29. The van der Waals surface area contributed by atoms with Gasteiger partial charge in [-0.2, -0.15) is 0 Å². The third-order valence-corrected chi connectivity index (χ3v) is 6.23. The topological polar surface area (TPSA) is 88.9 Å². The maximum atomic E-state index is 13.8. The first-order chi connectivity index (χ1) is 16.6. The molecule has 0 spiro atoms. The molecule has 0 radical (unpaired) electrons. The van der Waals surface area contributed by atoms with E-state index in [1.54, 1.807) is 6.07 Å². The summed E-state index contributed by atoms with van der Waals surface area (Å²) in [5, 5.41) is 16.8. The summed E-state index contributed by atoms with van der Waals surface area (Å²) in [4.78, 5) is 24.8. The van der Waals surface area contributed by atoms with Crippen molar-refractivity contribution >= 4 is 40.0 Å². The van der Waals surface area contributed by atoms with E-state index in [-0.39, 0.29) is 23.8 Å². The molecule has 0 aliphatic heterocycles. The Morgan fingerprint density at radius 1 is 1.00 bits per heavy atom. The quantitative estimate of drug-likeness (QED) is 0.351. The van der Waals surface area contributed by atoms with Crippen LogP contribution in [0.25, 0.3) is 10.8 Å². The van der Waals surface area contributed by atoms with Gasteiger partial charge >= 0.3 is 0 Å². The van der Waals surface area contributed by atoms with Gasteiger partial charge in [-0.25, -0.2) is 4.39 Å². The van der Waals surface area contributed by atoms with Crippen LogP contribution in [-0.4, -0.2) is 38.9 Å². The van der Waals surface area contributed by atoms with Gasteiger partial charge in [0, 0.05) is 30.6 Å². The molecule has 1 heterocycles. The first kappa shape index (κ1) is 23.4. The molecule has 0 aliphatic rings. The Morgan fingerprint density at radius 3 is 2.59 bits per heavy atom. The van der Waals surface area contributed by atoms with Gasteiger partial charge in [-0.15, -0.1) is 10.2 Å². The summed E-state index contributed by atoms with van der Waals surface area (Å²) in [6.45, 7) is 2.87. The number of hydrogen-bond acceptors (Lipinski definition) is 5. The smallest absolute Gasteiger partial charge is 0.254 e. The molecule has 4 rings (SSSR count). The first-order valence-electron chi connectivity index (χ1n) is 10.9. The summed E-state index contributed by atoms with van der Waals surface area (Å²) in [5.74, 6) is -0.290. The Morgan fingerprint density at radius 2 is 1.76 bits per heavy atom. The highest BCUT2D eigenvalue weighted by Crippen LogP contribution is 2.24. The summed E-state index contributed by atoms with van der Waals surface area (Å²) in [5.41, 5.74) is 0.778. The van der Waals surface area contributed by atoms with Crippen LogP contribution in [-0.2, 0) is 17.8 Å². The second-order valence-electron chi connectivity index (χ2n) is 7.49. The zero-order valence-electron chi connectivity index (χ0n) is 18.6. The molecule has 174 valence electrons. The van der Waals surface area contributed by atoms with Crippen molar-refractivity contribution in [3.8, 4) is 0 Å². The zero-order valence-corrected chi connectivity index (χ0v) is 19.4. The molecule has 7 nitrogen and oxygen atoms in total. The third-order valence-electron chi connectivity index (χ3n) is 5.26. The van der Waals surface area contributed by atoms with Gasteiger partial charge in [0.2, 0.25) is 5.91 Å². The van der Waals surface area contributed by atoms with E-state index >= 15 is 0 Å². The van der Waals surface area contributed by atoms with Crippen molar-refractivity contribution in [1.82, 2.24) is 20.1 Å². The average Bonchev–Trinajstić information content (AvgIpc) is 3.25. The molecule has 0 saturated carbocycles. The zero-order chi connectivity index (χ0) is 23.9. The molecular formula is C25H24FN5O2S. The van der Waals surface area contributed by atoms with E-state index in [0.29, 0.717) is 23.9 Å². The number of amides is 2. The van der Waals surface area contributed by atoms with Gasteiger partial charge in [-0.3, -0.25) is 9.59 Å². The van der Waals surface area contributed by atoms with E-state index in [0.717, 1.165) is 16.5 Å². The van der Waals surface area contributed by atoms with Crippen LogP contribution in [0.3, 0.4) is 0 Å². The van der Waals surface area contributed by atoms with E-state index in [1.165, 1.54) is 30.0 Å². The van der Waals surface area contributed by atoms with E-state index < -0.39 is 11.7 Å². The van der Waals surface area contributed by atoms with Crippen LogP contribution >= 0.6 is 11.8 Å². The summed E-state index contributed by atoms with van der Waals surface area (Å²) in [6, 6.07) is 19.5. The molecule has 0 fully saturated rings. The van der Waals surface area contributed by atoms with Crippen molar-refractivity contribution in [1.29, 1.82) is 0 Å². The van der Waals surface area contributed by atoms with Gasteiger partial charge in [0.1, 0.15) is 11.6 Å². The average molecular weight is 478 g/mol. The number of nitrogens with one attached hydrogen (secondary N) is 2. The maximum absolute atomic E-state index is 13.8. The van der Waals surface area contributed by atoms with Crippen LogP contribution in [0.2, 0.25) is 0 Å². The minimum atomic E-state index is -0.558. The number of benzene rings is 3. The number of rotatable bonds is 9. The number of anilines is 1. The number of hydrogen-bond donors (Lipinski definition) is 2. The minimum absolute atomic E-state index is 0.00732. The summed E-state index contributed by atoms with van der Waals surface area (Å²) >= 11 is 1.30. The molecule has 3 aromatic carbocycles. The largest absolute Gasteiger partial charge is 0.351 e. The highest BCUT2D eigenvalue weighted by molar-refractivity contribution is 7.99. The molecule has 9 heteroatoms. The Bertz CT molecular complexity index is 1320. The van der Waals surface area contributed by atoms with Gasteiger partial charge < -0.3 is 15.2 Å². The monoisotopic (exact) mass is 477 g/mol. The Labute approximate surface area is 200 Å². The fourth-order valence-electron chi connectivity index (χ4n) is 3.61. The van der Waals surface area contributed by atoms with E-state index in [9.17, 15) is 14.0 Å². The molecule has 1 aromatic heterocycles. The van der Waals surface area contributed by atoms with Gasteiger partial charge in [0.25, 0.3) is 5.91 Å². The molecule has 34 heavy (non-hydrogen) atoms. The molecule has 0 atom stereocenters. The molecule has 0 saturated heterocycles. The molecule has 4 aromatic rings. The fourth-order valence-corrected chi connectivity index (χ4v) is 4.43. The van der Waals surface area contributed by atoms with Crippen LogP contribution in [0, 0.1) is 5.82 Å². The summed E-state index contributed by atoms with van der Waals surface area (Å²) < 4.78 is 15.7. The van der Waals surface area contributed by atoms with Crippen molar-refractivity contribution in [3.63, 3.8) is 0 Å². The van der Waals surface area contributed by atoms with E-state index in [2.05, 4.69) is 20.8 Å². The molecule has 0 unspecified atom stereocenters. The van der Waals surface area contributed by atoms with Crippen LogP contribution in [0.4, 0.5) is 10.1 Å². The minimum Gasteiger partial charge on any atom is -0.351 e. The lowest BCUT2D eigenvalue weighted by Crippen LogP contribution is -2.27. The number of nitrogens with zero attached hydrogens (tertiary/aromatic N) is 3. The summed E-state index contributed by atoms with van der Waals surface area (Å²) in [7, 11) is 0. The number of carbonyl (C=O) groups is 2. The van der Waals surface area contributed by atoms with Crippen molar-refractivity contribution in [3.05, 3.63) is 83.9 Å². The Balaban J connectivity index is 1.33. The SMILES string of the molecule is CCn1c(CCNC(=O)c2ccccc2F)nnc1SCC(=O)Nc1cccc2ccccc12. The first-order valence-corrected chi connectivity index (χ1v) is 11.9. The van der Waals surface area contributed by atoms with E-state index in [4.69, 9.17) is 0 Å².